The summed E-state index contributed by atoms with van der Waals surface area (Å²) < 4.78 is 0. The first-order valence-corrected chi connectivity index (χ1v) is 8.18. The summed E-state index contributed by atoms with van der Waals surface area (Å²) in [5.74, 6) is 2.33. The lowest BCUT2D eigenvalue weighted by atomic mass is 10.1. The van der Waals surface area contributed by atoms with Crippen molar-refractivity contribution in [1.29, 1.82) is 0 Å². The van der Waals surface area contributed by atoms with E-state index in [1.54, 1.807) is 0 Å². The summed E-state index contributed by atoms with van der Waals surface area (Å²) in [5, 5.41) is 9.73. The average Bonchev–Trinajstić information content (AvgIpc) is 2.37. The molecule has 0 fully saturated rings. The predicted octanol–water partition coefficient (Wildman–Crippen LogP) is 4.09. The standard InChI is InChI=1S/C18H32N2O/c1-13(2)7-9-20(10-8-14(3)4)18-17(12-21)15(5)11-16(6)19-18/h11,13-14,21H,7-10,12H2,1-6H3. The molecule has 0 radical (unpaired) electrons. The molecule has 0 saturated heterocycles. The quantitative estimate of drug-likeness (QED) is 0.784. The lowest BCUT2D eigenvalue weighted by Gasteiger charge is -2.28. The van der Waals surface area contributed by atoms with Crippen LogP contribution in [0.3, 0.4) is 0 Å². The highest BCUT2D eigenvalue weighted by Gasteiger charge is 2.16. The summed E-state index contributed by atoms with van der Waals surface area (Å²) in [7, 11) is 0. The lowest BCUT2D eigenvalue weighted by molar-refractivity contribution is 0.280. The van der Waals surface area contributed by atoms with Crippen molar-refractivity contribution >= 4 is 5.82 Å². The molecule has 0 aliphatic carbocycles. The van der Waals surface area contributed by atoms with Crippen molar-refractivity contribution in [3.8, 4) is 0 Å². The van der Waals surface area contributed by atoms with E-state index in [9.17, 15) is 5.11 Å². The fourth-order valence-corrected chi connectivity index (χ4v) is 2.45. The Labute approximate surface area is 130 Å². The Bertz CT molecular complexity index is 429. The topological polar surface area (TPSA) is 36.4 Å². The molecule has 0 unspecified atom stereocenters. The van der Waals surface area contributed by atoms with Gasteiger partial charge >= 0.3 is 0 Å². The molecule has 120 valence electrons. The first kappa shape index (κ1) is 18.0. The molecule has 0 aliphatic heterocycles. The van der Waals surface area contributed by atoms with E-state index >= 15 is 0 Å². The summed E-state index contributed by atoms with van der Waals surface area (Å²) >= 11 is 0. The van der Waals surface area contributed by atoms with Gasteiger partial charge in [-0.1, -0.05) is 27.7 Å². The number of rotatable bonds is 8. The Morgan fingerprint density at radius 3 is 2.00 bits per heavy atom. The summed E-state index contributed by atoms with van der Waals surface area (Å²) in [6.45, 7) is 15.2. The van der Waals surface area contributed by atoms with Gasteiger partial charge in [0.2, 0.25) is 0 Å². The highest BCUT2D eigenvalue weighted by Crippen LogP contribution is 2.24. The van der Waals surface area contributed by atoms with Crippen LogP contribution in [0.1, 0.15) is 57.4 Å². The molecule has 0 aromatic carbocycles. The first-order valence-electron chi connectivity index (χ1n) is 8.18. The van der Waals surface area contributed by atoms with Gasteiger partial charge in [-0.2, -0.15) is 0 Å². The van der Waals surface area contributed by atoms with Crippen molar-refractivity contribution < 1.29 is 5.11 Å². The fourth-order valence-electron chi connectivity index (χ4n) is 2.45. The number of pyridine rings is 1. The molecule has 1 aromatic rings. The minimum absolute atomic E-state index is 0.0638. The number of nitrogens with zero attached hydrogens (tertiary/aromatic N) is 2. The van der Waals surface area contributed by atoms with Crippen LogP contribution in [-0.4, -0.2) is 23.2 Å². The Balaban J connectivity index is 3.05. The maximum atomic E-state index is 9.73. The third kappa shape index (κ3) is 5.66. The Morgan fingerprint density at radius 2 is 1.57 bits per heavy atom. The van der Waals surface area contributed by atoms with Crippen molar-refractivity contribution in [2.45, 2.75) is 61.0 Å². The minimum atomic E-state index is 0.0638. The van der Waals surface area contributed by atoms with E-state index in [0.29, 0.717) is 11.8 Å². The number of hydrogen-bond acceptors (Lipinski definition) is 3. The second kappa shape index (κ2) is 8.38. The zero-order valence-corrected chi connectivity index (χ0v) is 14.6. The number of aliphatic hydroxyl groups excluding tert-OH is 1. The van der Waals surface area contributed by atoms with Gasteiger partial charge in [0.1, 0.15) is 5.82 Å². The average molecular weight is 292 g/mol. The van der Waals surface area contributed by atoms with Gasteiger partial charge in [0.15, 0.2) is 0 Å². The molecule has 0 atom stereocenters. The Kier molecular flexibility index (Phi) is 7.16. The molecule has 1 heterocycles. The largest absolute Gasteiger partial charge is 0.392 e. The van der Waals surface area contributed by atoms with E-state index in [0.717, 1.165) is 48.6 Å². The normalized spacial score (nSPS) is 11.5. The van der Waals surface area contributed by atoms with Gasteiger partial charge in [-0.3, -0.25) is 0 Å². The summed E-state index contributed by atoms with van der Waals surface area (Å²) in [5.41, 5.74) is 3.14. The molecule has 3 heteroatoms. The molecule has 0 spiro atoms. The second-order valence-corrected chi connectivity index (χ2v) is 6.89. The number of anilines is 1. The van der Waals surface area contributed by atoms with E-state index in [1.165, 1.54) is 0 Å². The van der Waals surface area contributed by atoms with Crippen LogP contribution in [0.5, 0.6) is 0 Å². The van der Waals surface area contributed by atoms with Gasteiger partial charge in [0, 0.05) is 24.3 Å². The maximum absolute atomic E-state index is 9.73. The van der Waals surface area contributed by atoms with Crippen LogP contribution in [0.4, 0.5) is 5.82 Å². The van der Waals surface area contributed by atoms with Gasteiger partial charge in [-0.05, 0) is 50.2 Å². The smallest absolute Gasteiger partial charge is 0.134 e. The van der Waals surface area contributed by atoms with Crippen molar-refractivity contribution in [3.63, 3.8) is 0 Å². The molecular weight excluding hydrogens is 260 g/mol. The van der Waals surface area contributed by atoms with Crippen LogP contribution >= 0.6 is 0 Å². The van der Waals surface area contributed by atoms with Gasteiger partial charge in [-0.15, -0.1) is 0 Å². The SMILES string of the molecule is Cc1cc(C)c(CO)c(N(CCC(C)C)CCC(C)C)n1. The lowest BCUT2D eigenvalue weighted by Crippen LogP contribution is -2.30. The molecule has 3 nitrogen and oxygen atoms in total. The summed E-state index contributed by atoms with van der Waals surface area (Å²) in [6, 6.07) is 2.05. The maximum Gasteiger partial charge on any atom is 0.134 e. The van der Waals surface area contributed by atoms with Crippen LogP contribution in [-0.2, 0) is 6.61 Å². The van der Waals surface area contributed by atoms with Crippen LogP contribution in [0.15, 0.2) is 6.07 Å². The predicted molar refractivity (Wildman–Crippen MR) is 90.8 cm³/mol. The zero-order chi connectivity index (χ0) is 16.0. The van der Waals surface area contributed by atoms with Crippen LogP contribution in [0.2, 0.25) is 0 Å². The van der Waals surface area contributed by atoms with Crippen LogP contribution in [0.25, 0.3) is 0 Å². The number of hydrogen-bond donors (Lipinski definition) is 1. The molecule has 1 rings (SSSR count). The van der Waals surface area contributed by atoms with Crippen molar-refractivity contribution in [2.24, 2.45) is 11.8 Å². The third-order valence-corrected chi connectivity index (χ3v) is 3.86. The monoisotopic (exact) mass is 292 g/mol. The fraction of sp³-hybridized carbons (Fsp3) is 0.722. The van der Waals surface area contributed by atoms with Crippen molar-refractivity contribution in [2.75, 3.05) is 18.0 Å². The van der Waals surface area contributed by atoms with Gasteiger partial charge in [0.25, 0.3) is 0 Å². The van der Waals surface area contributed by atoms with E-state index in [-0.39, 0.29) is 6.61 Å². The minimum Gasteiger partial charge on any atom is -0.392 e. The molecule has 0 amide bonds. The molecule has 21 heavy (non-hydrogen) atoms. The van der Waals surface area contributed by atoms with E-state index in [2.05, 4.69) is 45.6 Å². The van der Waals surface area contributed by atoms with Crippen LogP contribution in [0, 0.1) is 25.7 Å². The number of aryl methyl sites for hydroxylation is 2. The van der Waals surface area contributed by atoms with Crippen molar-refractivity contribution in [3.05, 3.63) is 22.9 Å². The van der Waals surface area contributed by atoms with Crippen molar-refractivity contribution in [1.82, 2.24) is 4.98 Å². The number of aliphatic hydroxyl groups is 1. The van der Waals surface area contributed by atoms with E-state index < -0.39 is 0 Å². The molecule has 1 N–H and O–H groups in total. The summed E-state index contributed by atoms with van der Waals surface area (Å²) in [6.07, 6.45) is 2.30. The molecule has 1 aromatic heterocycles. The van der Waals surface area contributed by atoms with Crippen LogP contribution < -0.4 is 4.90 Å². The van der Waals surface area contributed by atoms with E-state index in [4.69, 9.17) is 4.98 Å². The Morgan fingerprint density at radius 1 is 1.05 bits per heavy atom. The zero-order valence-electron chi connectivity index (χ0n) is 14.6. The highest BCUT2D eigenvalue weighted by molar-refractivity contribution is 5.51. The number of aromatic nitrogens is 1. The Hall–Kier alpha value is -1.09. The van der Waals surface area contributed by atoms with E-state index in [1.807, 2.05) is 6.92 Å². The molecular formula is C18H32N2O. The first-order chi connectivity index (χ1) is 9.85. The summed E-state index contributed by atoms with van der Waals surface area (Å²) in [4.78, 5) is 7.09. The third-order valence-electron chi connectivity index (χ3n) is 3.86. The molecule has 0 bridgehead atoms. The van der Waals surface area contributed by atoms with Gasteiger partial charge in [-0.25, -0.2) is 4.98 Å². The second-order valence-electron chi connectivity index (χ2n) is 6.89. The molecule has 0 saturated carbocycles. The van der Waals surface area contributed by atoms with Gasteiger partial charge in [0.05, 0.1) is 6.61 Å². The van der Waals surface area contributed by atoms with Gasteiger partial charge < -0.3 is 10.0 Å². The highest BCUT2D eigenvalue weighted by atomic mass is 16.3. The molecule has 0 aliphatic rings.